The predicted octanol–water partition coefficient (Wildman–Crippen LogP) is 5.89. The number of carbonyl (C=O) groups excluding carboxylic acids is 1. The van der Waals surface area contributed by atoms with Crippen molar-refractivity contribution in [3.63, 3.8) is 0 Å². The molecule has 4 heterocycles. The first-order valence-corrected chi connectivity index (χ1v) is 11.0. The van der Waals surface area contributed by atoms with Crippen LogP contribution in [0, 0.1) is 0 Å². The Balaban J connectivity index is 1.68. The maximum Gasteiger partial charge on any atom is 0.417 e. The van der Waals surface area contributed by atoms with Gasteiger partial charge in [-0.25, -0.2) is 4.98 Å². The van der Waals surface area contributed by atoms with E-state index in [0.29, 0.717) is 34.5 Å². The van der Waals surface area contributed by atoms with Crippen LogP contribution in [0.1, 0.15) is 34.2 Å². The van der Waals surface area contributed by atoms with Crippen molar-refractivity contribution in [3.05, 3.63) is 65.4 Å². The maximum atomic E-state index is 13.3. The number of carbonyl (C=O) groups is 1. The summed E-state index contributed by atoms with van der Waals surface area (Å²) in [6.45, 7) is 2.00. The van der Waals surface area contributed by atoms with E-state index in [4.69, 9.17) is 0 Å². The molecule has 1 aliphatic heterocycles. The molecule has 178 valence electrons. The average molecular weight is 498 g/mol. The number of anilines is 1. The van der Waals surface area contributed by atoms with Gasteiger partial charge < -0.3 is 4.90 Å². The van der Waals surface area contributed by atoms with E-state index in [1.165, 1.54) is 28.9 Å². The van der Waals surface area contributed by atoms with Crippen LogP contribution in [0.3, 0.4) is 0 Å². The summed E-state index contributed by atoms with van der Waals surface area (Å²) in [6.07, 6.45) is -6.04. The second kappa shape index (κ2) is 8.90. The molecule has 3 aromatic rings. The molecule has 0 saturated carbocycles. The van der Waals surface area contributed by atoms with E-state index in [1.807, 2.05) is 6.92 Å². The molecule has 1 amide bonds. The van der Waals surface area contributed by atoms with Gasteiger partial charge in [0.15, 0.2) is 0 Å². The third kappa shape index (κ3) is 4.72. The van der Waals surface area contributed by atoms with Crippen molar-refractivity contribution in [2.45, 2.75) is 30.6 Å². The Kier molecular flexibility index (Phi) is 6.28. The van der Waals surface area contributed by atoms with E-state index in [1.54, 1.807) is 6.07 Å². The smallest absolute Gasteiger partial charge is 0.305 e. The van der Waals surface area contributed by atoms with Crippen molar-refractivity contribution in [1.82, 2.24) is 15.0 Å². The number of amides is 1. The second-order valence-corrected chi connectivity index (χ2v) is 8.63. The highest BCUT2D eigenvalue weighted by molar-refractivity contribution is 7.99. The van der Waals surface area contributed by atoms with E-state index < -0.39 is 29.4 Å². The second-order valence-electron chi connectivity index (χ2n) is 7.33. The largest absolute Gasteiger partial charge is 0.417 e. The van der Waals surface area contributed by atoms with Gasteiger partial charge in [0.25, 0.3) is 5.91 Å². The van der Waals surface area contributed by atoms with E-state index in [9.17, 15) is 31.1 Å². The predicted molar refractivity (Wildman–Crippen MR) is 113 cm³/mol. The maximum absolute atomic E-state index is 13.3. The Morgan fingerprint density at radius 3 is 2.29 bits per heavy atom. The molecule has 0 radical (unpaired) electrons. The lowest BCUT2D eigenvalue weighted by Gasteiger charge is -2.19. The normalized spacial score (nSPS) is 13.8. The summed E-state index contributed by atoms with van der Waals surface area (Å²) in [5.41, 5.74) is -0.691. The molecule has 1 aliphatic rings. The van der Waals surface area contributed by atoms with E-state index in [-0.39, 0.29) is 23.6 Å². The molecule has 0 aliphatic carbocycles. The van der Waals surface area contributed by atoms with Crippen LogP contribution in [-0.2, 0) is 18.8 Å². The van der Waals surface area contributed by atoms with Crippen LogP contribution < -0.4 is 4.90 Å². The number of halogens is 6. The highest BCUT2D eigenvalue weighted by atomic mass is 32.2. The highest BCUT2D eigenvalue weighted by Gasteiger charge is 2.36. The molecule has 34 heavy (non-hydrogen) atoms. The molecule has 0 aromatic carbocycles. The number of pyridine rings is 3. The third-order valence-electron chi connectivity index (χ3n) is 5.12. The number of hydrogen-bond acceptors (Lipinski definition) is 5. The molecular formula is C22H16F6N4OS. The van der Waals surface area contributed by atoms with Gasteiger partial charge in [0.05, 0.1) is 28.2 Å². The van der Waals surface area contributed by atoms with E-state index >= 15 is 0 Å². The van der Waals surface area contributed by atoms with Crippen LogP contribution in [-0.4, -0.2) is 33.2 Å². The molecular weight excluding hydrogens is 482 g/mol. The summed E-state index contributed by atoms with van der Waals surface area (Å²) in [5.74, 6) is -0.0230. The summed E-state index contributed by atoms with van der Waals surface area (Å²) in [4.78, 5) is 26.9. The molecule has 0 unspecified atom stereocenters. The van der Waals surface area contributed by atoms with Crippen LogP contribution in [0.4, 0.5) is 32.0 Å². The van der Waals surface area contributed by atoms with Gasteiger partial charge in [-0.1, -0.05) is 6.92 Å². The van der Waals surface area contributed by atoms with Crippen molar-refractivity contribution in [3.8, 4) is 11.3 Å². The number of nitrogens with zero attached hydrogens (tertiary/aromatic N) is 4. The minimum atomic E-state index is -4.60. The number of fused-ring (bicyclic) bond motifs is 1. The van der Waals surface area contributed by atoms with Crippen LogP contribution in [0.25, 0.3) is 11.3 Å². The van der Waals surface area contributed by atoms with Crippen LogP contribution in [0.15, 0.2) is 47.8 Å². The van der Waals surface area contributed by atoms with Gasteiger partial charge in [-0.05, 0) is 30.0 Å². The Labute approximate surface area is 194 Å². The lowest BCUT2D eigenvalue weighted by molar-refractivity contribution is -0.138. The number of rotatable bonds is 4. The highest BCUT2D eigenvalue weighted by Crippen LogP contribution is 2.37. The third-order valence-corrected chi connectivity index (χ3v) is 6.04. The van der Waals surface area contributed by atoms with Crippen LogP contribution in [0.5, 0.6) is 0 Å². The zero-order valence-electron chi connectivity index (χ0n) is 17.5. The summed E-state index contributed by atoms with van der Waals surface area (Å²) >= 11 is 1.28. The summed E-state index contributed by atoms with van der Waals surface area (Å²) in [7, 11) is 0. The van der Waals surface area contributed by atoms with Crippen molar-refractivity contribution in [2.24, 2.45) is 0 Å². The number of alkyl halides is 6. The van der Waals surface area contributed by atoms with Crippen molar-refractivity contribution < 1.29 is 31.1 Å². The zero-order chi connectivity index (χ0) is 24.7. The van der Waals surface area contributed by atoms with Crippen molar-refractivity contribution in [1.29, 1.82) is 0 Å². The van der Waals surface area contributed by atoms with Gasteiger partial charge in [-0.15, -0.1) is 11.8 Å². The first-order valence-electron chi connectivity index (χ1n) is 10.0. The molecule has 0 spiro atoms. The molecule has 0 saturated heterocycles. The fraction of sp³-hybridized carbons (Fsp3) is 0.273. The Hall–Kier alpha value is -3.15. The summed E-state index contributed by atoms with van der Waals surface area (Å²) in [5, 5.41) is 0. The standard InChI is InChI=1S/C22H16F6N4OS/c1-2-34-18-7-12(15-4-3-13(10-29-15)21(23,24)25)9-31-19(18)20(33)32-6-5-16-17(32)8-14(11-30-16)22(26,27)28/h3-4,7-11H,2,5-6H2,1H3. The lowest BCUT2D eigenvalue weighted by atomic mass is 10.1. The number of thioether (sulfide) groups is 1. The Morgan fingerprint density at radius 1 is 0.971 bits per heavy atom. The monoisotopic (exact) mass is 498 g/mol. The molecule has 0 atom stereocenters. The minimum Gasteiger partial charge on any atom is -0.305 e. The number of aromatic nitrogens is 3. The van der Waals surface area contributed by atoms with Crippen LogP contribution >= 0.6 is 11.8 Å². The molecule has 4 rings (SSSR count). The van der Waals surface area contributed by atoms with Gasteiger partial charge in [-0.3, -0.25) is 14.8 Å². The topological polar surface area (TPSA) is 59.0 Å². The van der Waals surface area contributed by atoms with Gasteiger partial charge >= 0.3 is 12.4 Å². The average Bonchev–Trinajstić information content (AvgIpc) is 3.21. The first kappa shape index (κ1) is 24.0. The lowest BCUT2D eigenvalue weighted by Crippen LogP contribution is -2.30. The van der Waals surface area contributed by atoms with E-state index in [2.05, 4.69) is 15.0 Å². The van der Waals surface area contributed by atoms with E-state index in [0.717, 1.165) is 18.3 Å². The minimum absolute atomic E-state index is 0.0350. The fourth-order valence-corrected chi connectivity index (χ4v) is 4.28. The SMILES string of the molecule is CCSc1cc(-c2ccc(C(F)(F)F)cn2)cnc1C(=O)N1CCc2ncc(C(F)(F)F)cc21. The Bertz CT molecular complexity index is 1230. The summed E-state index contributed by atoms with van der Waals surface area (Å²) < 4.78 is 77.8. The van der Waals surface area contributed by atoms with Crippen LogP contribution in [0.2, 0.25) is 0 Å². The molecule has 0 N–H and O–H groups in total. The molecule has 0 fully saturated rings. The van der Waals surface area contributed by atoms with Gasteiger partial charge in [0.2, 0.25) is 0 Å². The van der Waals surface area contributed by atoms with Gasteiger partial charge in [0, 0.05) is 42.0 Å². The van der Waals surface area contributed by atoms with Crippen molar-refractivity contribution >= 4 is 23.4 Å². The number of hydrogen-bond donors (Lipinski definition) is 0. The quantitative estimate of drug-likeness (QED) is 0.332. The van der Waals surface area contributed by atoms with Crippen molar-refractivity contribution in [2.75, 3.05) is 17.2 Å². The molecule has 12 heteroatoms. The zero-order valence-corrected chi connectivity index (χ0v) is 18.4. The fourth-order valence-electron chi connectivity index (χ4n) is 3.48. The summed E-state index contributed by atoms with van der Waals surface area (Å²) in [6, 6.07) is 4.61. The molecule has 5 nitrogen and oxygen atoms in total. The molecule has 0 bridgehead atoms. The Morgan fingerprint density at radius 2 is 1.68 bits per heavy atom. The van der Waals surface area contributed by atoms with Gasteiger partial charge in [-0.2, -0.15) is 26.3 Å². The first-order chi connectivity index (χ1) is 16.0. The molecule has 3 aromatic heterocycles. The van der Waals surface area contributed by atoms with Gasteiger partial charge in [0.1, 0.15) is 5.69 Å².